The number of rotatable bonds is 1. The Kier molecular flexibility index (Phi) is 3.92. The third-order valence-corrected chi connectivity index (χ3v) is 8.82. The zero-order chi connectivity index (χ0) is 26.7. The molecule has 0 saturated heterocycles. The summed E-state index contributed by atoms with van der Waals surface area (Å²) < 4.78 is 4.65. The van der Waals surface area contributed by atoms with Gasteiger partial charge in [-0.15, -0.1) is 0 Å². The first-order valence-electron chi connectivity index (χ1n) is 13.9. The summed E-state index contributed by atoms with van der Waals surface area (Å²) in [6, 6.07) is 35.2. The van der Waals surface area contributed by atoms with Crippen LogP contribution in [-0.4, -0.2) is 23.9 Å². The lowest BCUT2D eigenvalue weighted by Gasteiger charge is -2.12. The van der Waals surface area contributed by atoms with Crippen LogP contribution in [0.15, 0.2) is 116 Å². The molecule has 0 saturated carbocycles. The topological polar surface area (TPSA) is 48.0 Å². The largest absolute Gasteiger partial charge is 0.309 e. The molecule has 5 aromatic heterocycles. The van der Waals surface area contributed by atoms with Crippen LogP contribution in [0.2, 0.25) is 0 Å². The minimum Gasteiger partial charge on any atom is -0.309 e. The predicted octanol–water partition coefficient (Wildman–Crippen LogP) is 8.25. The molecular formula is C36H21N5. The fourth-order valence-electron chi connectivity index (χ4n) is 7.13. The Labute approximate surface area is 234 Å². The fraction of sp³-hybridized carbons (Fsp3) is 0.0278. The van der Waals surface area contributed by atoms with Crippen molar-refractivity contribution in [1.82, 2.24) is 23.9 Å². The van der Waals surface area contributed by atoms with Gasteiger partial charge in [0.25, 0.3) is 0 Å². The average Bonchev–Trinajstić information content (AvgIpc) is 3.70. The Morgan fingerprint density at radius 1 is 0.610 bits per heavy atom. The van der Waals surface area contributed by atoms with E-state index in [0.29, 0.717) is 0 Å². The normalized spacial score (nSPS) is 12.8. The average molecular weight is 524 g/mol. The first kappa shape index (κ1) is 21.3. The fourth-order valence-corrected chi connectivity index (χ4v) is 7.13. The van der Waals surface area contributed by atoms with Gasteiger partial charge in [-0.05, 0) is 71.0 Å². The number of aromatic nitrogens is 5. The van der Waals surface area contributed by atoms with E-state index < -0.39 is 0 Å². The Hall–Kier alpha value is -5.55. The first-order valence-corrected chi connectivity index (χ1v) is 13.9. The molecule has 9 aromatic rings. The number of nitrogens with zero attached hydrogens (tertiary/aromatic N) is 5. The van der Waals surface area contributed by atoms with Crippen molar-refractivity contribution in [3.8, 4) is 16.8 Å². The van der Waals surface area contributed by atoms with Crippen molar-refractivity contribution < 1.29 is 0 Å². The van der Waals surface area contributed by atoms with Crippen molar-refractivity contribution in [3.63, 3.8) is 0 Å². The summed E-state index contributed by atoms with van der Waals surface area (Å²) in [7, 11) is 0. The van der Waals surface area contributed by atoms with Gasteiger partial charge in [0, 0.05) is 45.2 Å². The molecule has 1 aliphatic rings. The van der Waals surface area contributed by atoms with Gasteiger partial charge < -0.3 is 4.57 Å². The number of hydrogen-bond acceptors (Lipinski definition) is 3. The van der Waals surface area contributed by atoms with Crippen molar-refractivity contribution in [3.05, 3.63) is 127 Å². The third-order valence-electron chi connectivity index (χ3n) is 8.82. The van der Waals surface area contributed by atoms with Crippen LogP contribution in [0.4, 0.5) is 0 Å². The van der Waals surface area contributed by atoms with Crippen LogP contribution in [0.5, 0.6) is 0 Å². The number of fused-ring (bicyclic) bond motifs is 15. The molecular weight excluding hydrogens is 502 g/mol. The molecule has 0 radical (unpaired) electrons. The Bertz CT molecular complexity index is 2550. The maximum absolute atomic E-state index is 5.09. The van der Waals surface area contributed by atoms with Gasteiger partial charge >= 0.3 is 0 Å². The third kappa shape index (κ3) is 2.68. The van der Waals surface area contributed by atoms with E-state index in [2.05, 4.69) is 98.9 Å². The molecule has 5 heteroatoms. The SMILES string of the molecule is c1ccc(-n2c3cc4c5cccnc5n5c6ccncc6nc5c4cc3c3ccc4c(c32)-c2ccccc2C4)cc1. The van der Waals surface area contributed by atoms with E-state index in [1.165, 1.54) is 44.1 Å². The lowest BCUT2D eigenvalue weighted by molar-refractivity contribution is 1.18. The van der Waals surface area contributed by atoms with E-state index in [-0.39, 0.29) is 0 Å². The molecule has 0 atom stereocenters. The summed E-state index contributed by atoms with van der Waals surface area (Å²) in [6.07, 6.45) is 6.49. The van der Waals surface area contributed by atoms with Gasteiger partial charge in [-0.2, -0.15) is 0 Å². The highest BCUT2D eigenvalue weighted by atomic mass is 15.1. The summed E-state index contributed by atoms with van der Waals surface area (Å²) in [5, 5.41) is 5.84. The van der Waals surface area contributed by atoms with Crippen molar-refractivity contribution in [1.29, 1.82) is 0 Å². The predicted molar refractivity (Wildman–Crippen MR) is 166 cm³/mol. The molecule has 41 heavy (non-hydrogen) atoms. The summed E-state index contributed by atoms with van der Waals surface area (Å²) >= 11 is 0. The highest BCUT2D eigenvalue weighted by Crippen LogP contribution is 2.46. The molecule has 0 amide bonds. The molecule has 1 aliphatic carbocycles. The molecule has 5 heterocycles. The first-order chi connectivity index (χ1) is 20.3. The quantitative estimate of drug-likeness (QED) is 0.204. The van der Waals surface area contributed by atoms with Crippen LogP contribution in [0.25, 0.3) is 77.1 Å². The Morgan fingerprint density at radius 3 is 2.46 bits per heavy atom. The standard InChI is InChI=1S/C36H21N5/c1-2-8-23(9-3-1)40-32-19-27-26-11-6-15-38-35(26)41-31-14-16-37-20-30(31)39-36(41)29(27)18-28(32)25-13-12-22-17-21-7-4-5-10-24(21)33(22)34(25)40/h1-16,18-20H,17H2. The molecule has 0 aliphatic heterocycles. The summed E-state index contributed by atoms with van der Waals surface area (Å²) in [5.74, 6) is 0. The minimum absolute atomic E-state index is 0.869. The second kappa shape index (κ2) is 7.55. The number of hydrogen-bond donors (Lipinski definition) is 0. The van der Waals surface area contributed by atoms with E-state index >= 15 is 0 Å². The van der Waals surface area contributed by atoms with Gasteiger partial charge in [0.2, 0.25) is 0 Å². The zero-order valence-corrected chi connectivity index (χ0v) is 21.9. The van der Waals surface area contributed by atoms with Crippen molar-refractivity contribution in [2.45, 2.75) is 6.42 Å². The second-order valence-electron chi connectivity index (χ2n) is 10.9. The van der Waals surface area contributed by atoms with Gasteiger partial charge in [0.15, 0.2) is 0 Å². The lowest BCUT2D eigenvalue weighted by Crippen LogP contribution is -1.96. The van der Waals surface area contributed by atoms with Crippen LogP contribution in [0.1, 0.15) is 11.1 Å². The van der Waals surface area contributed by atoms with E-state index in [4.69, 9.17) is 9.97 Å². The van der Waals surface area contributed by atoms with Crippen LogP contribution < -0.4 is 0 Å². The Balaban J connectivity index is 1.47. The summed E-state index contributed by atoms with van der Waals surface area (Å²) in [4.78, 5) is 14.3. The van der Waals surface area contributed by atoms with Gasteiger partial charge in [-0.3, -0.25) is 9.38 Å². The number of pyridine rings is 3. The van der Waals surface area contributed by atoms with Crippen LogP contribution >= 0.6 is 0 Å². The summed E-state index contributed by atoms with van der Waals surface area (Å²) in [5.41, 5.74) is 12.8. The minimum atomic E-state index is 0.869. The summed E-state index contributed by atoms with van der Waals surface area (Å²) in [6.45, 7) is 0. The monoisotopic (exact) mass is 523 g/mol. The van der Waals surface area contributed by atoms with Gasteiger partial charge in [-0.25, -0.2) is 9.97 Å². The van der Waals surface area contributed by atoms with Crippen LogP contribution in [0, 0.1) is 0 Å². The number of para-hydroxylation sites is 1. The Morgan fingerprint density at radius 2 is 1.51 bits per heavy atom. The van der Waals surface area contributed by atoms with E-state index in [0.717, 1.165) is 50.6 Å². The molecule has 0 spiro atoms. The van der Waals surface area contributed by atoms with Gasteiger partial charge in [0.05, 0.1) is 22.7 Å². The molecule has 0 unspecified atom stereocenters. The molecule has 0 bridgehead atoms. The maximum atomic E-state index is 5.09. The lowest BCUT2D eigenvalue weighted by atomic mass is 10.0. The van der Waals surface area contributed by atoms with Crippen molar-refractivity contribution >= 4 is 60.3 Å². The number of benzene rings is 4. The molecule has 190 valence electrons. The zero-order valence-electron chi connectivity index (χ0n) is 21.9. The molecule has 0 N–H and O–H groups in total. The molecule has 4 aromatic carbocycles. The van der Waals surface area contributed by atoms with Crippen molar-refractivity contribution in [2.24, 2.45) is 0 Å². The van der Waals surface area contributed by atoms with Gasteiger partial charge in [0.1, 0.15) is 16.8 Å². The number of imidazole rings is 1. The van der Waals surface area contributed by atoms with E-state index in [1.54, 1.807) is 0 Å². The molecule has 5 nitrogen and oxygen atoms in total. The highest BCUT2D eigenvalue weighted by molar-refractivity contribution is 6.23. The van der Waals surface area contributed by atoms with Crippen molar-refractivity contribution in [2.75, 3.05) is 0 Å². The van der Waals surface area contributed by atoms with E-state index in [1.807, 2.05) is 30.7 Å². The van der Waals surface area contributed by atoms with E-state index in [9.17, 15) is 0 Å². The molecule has 0 fully saturated rings. The highest BCUT2D eigenvalue weighted by Gasteiger charge is 2.26. The second-order valence-corrected chi connectivity index (χ2v) is 10.9. The van der Waals surface area contributed by atoms with Gasteiger partial charge in [-0.1, -0.05) is 54.6 Å². The van der Waals surface area contributed by atoms with Crippen LogP contribution in [-0.2, 0) is 6.42 Å². The maximum Gasteiger partial charge on any atom is 0.147 e. The smallest absolute Gasteiger partial charge is 0.147 e. The molecule has 10 rings (SSSR count). The van der Waals surface area contributed by atoms with Crippen LogP contribution in [0.3, 0.4) is 0 Å².